The third kappa shape index (κ3) is 6.64. The zero-order valence-corrected chi connectivity index (χ0v) is 21.2. The number of aliphatic hydroxyl groups is 1. The van der Waals surface area contributed by atoms with Crippen molar-refractivity contribution in [1.82, 2.24) is 9.79 Å². The summed E-state index contributed by atoms with van der Waals surface area (Å²) in [5, 5.41) is 12.9. The summed E-state index contributed by atoms with van der Waals surface area (Å²) in [4.78, 5) is 6.51. The largest absolute Gasteiger partial charge is 0.388 e. The molecular weight excluding hydrogens is 436 g/mol. The smallest absolute Gasteiger partial charge is 0.240 e. The van der Waals surface area contributed by atoms with E-state index in [1.54, 1.807) is 24.3 Å². The average Bonchev–Trinajstić information content (AvgIpc) is 2.73. The van der Waals surface area contributed by atoms with Gasteiger partial charge in [0.15, 0.2) is 0 Å². The van der Waals surface area contributed by atoms with Gasteiger partial charge in [-0.3, -0.25) is 4.84 Å². The van der Waals surface area contributed by atoms with Crippen molar-refractivity contribution in [2.75, 3.05) is 6.61 Å². The lowest BCUT2D eigenvalue weighted by molar-refractivity contribution is -0.283. The van der Waals surface area contributed by atoms with Crippen LogP contribution in [0.25, 0.3) is 0 Å². The summed E-state index contributed by atoms with van der Waals surface area (Å²) in [6.45, 7) is 10.6. The fourth-order valence-corrected chi connectivity index (χ4v) is 5.96. The van der Waals surface area contributed by atoms with Crippen LogP contribution in [0.5, 0.6) is 0 Å². The minimum atomic E-state index is -3.77. The molecule has 0 amide bonds. The van der Waals surface area contributed by atoms with Gasteiger partial charge in [-0.15, -0.1) is 0 Å². The highest BCUT2D eigenvalue weighted by atomic mass is 32.2. The molecule has 0 aliphatic carbocycles. The maximum Gasteiger partial charge on any atom is 0.240 e. The zero-order chi connectivity index (χ0) is 24.3. The number of hydrogen-bond acceptors (Lipinski definition) is 5. The molecule has 0 saturated carbocycles. The van der Waals surface area contributed by atoms with Gasteiger partial charge in [0.1, 0.15) is 0 Å². The van der Waals surface area contributed by atoms with E-state index < -0.39 is 22.2 Å². The second kappa shape index (κ2) is 10.2. The van der Waals surface area contributed by atoms with Crippen molar-refractivity contribution in [3.05, 3.63) is 65.7 Å². The molecule has 6 nitrogen and oxygen atoms in total. The summed E-state index contributed by atoms with van der Waals surface area (Å²) in [6.07, 6.45) is 2.51. The molecule has 0 spiro atoms. The van der Waals surface area contributed by atoms with Gasteiger partial charge in [-0.05, 0) is 78.0 Å². The van der Waals surface area contributed by atoms with E-state index in [-0.39, 0.29) is 29.0 Å². The number of rotatable bonds is 9. The molecule has 1 aliphatic rings. The predicted molar refractivity (Wildman–Crippen MR) is 131 cm³/mol. The topological polar surface area (TPSA) is 78.9 Å². The highest BCUT2D eigenvalue weighted by Crippen LogP contribution is 2.38. The third-order valence-corrected chi connectivity index (χ3v) is 7.96. The fraction of sp³-hybridized carbons (Fsp3) is 0.538. The maximum atomic E-state index is 13.1. The van der Waals surface area contributed by atoms with E-state index in [0.29, 0.717) is 0 Å². The SMILES string of the molecule is Cc1ccc(S(=O)(=O)N[C@@H](CON2C(C)(C)CCCC2(C)C)C[C@H](O)c2ccccc2)cc1. The summed E-state index contributed by atoms with van der Waals surface area (Å²) < 4.78 is 29.0. The normalized spacial score (nSPS) is 20.3. The molecule has 7 heteroatoms. The standard InChI is InChI=1S/C26H38N2O4S/c1-20-12-14-23(15-13-20)33(30,31)27-22(18-24(29)21-10-7-6-8-11-21)19-32-28-25(2,3)16-9-17-26(28,4)5/h6-8,10-15,22,24,27,29H,9,16-19H2,1-5H3/t22-,24+/m1/s1. The van der Waals surface area contributed by atoms with Crippen LogP contribution in [0, 0.1) is 6.92 Å². The summed E-state index contributed by atoms with van der Waals surface area (Å²) in [5.41, 5.74) is 1.40. The van der Waals surface area contributed by atoms with Crippen LogP contribution < -0.4 is 4.72 Å². The van der Waals surface area contributed by atoms with Crippen LogP contribution >= 0.6 is 0 Å². The van der Waals surface area contributed by atoms with Crippen molar-refractivity contribution in [3.63, 3.8) is 0 Å². The Morgan fingerprint density at radius 2 is 1.58 bits per heavy atom. The Morgan fingerprint density at radius 3 is 2.15 bits per heavy atom. The molecule has 33 heavy (non-hydrogen) atoms. The molecule has 2 aromatic carbocycles. The second-order valence-electron chi connectivity index (χ2n) is 10.4. The molecule has 2 atom stereocenters. The van der Waals surface area contributed by atoms with Gasteiger partial charge in [0.2, 0.25) is 10.0 Å². The van der Waals surface area contributed by atoms with Crippen molar-refractivity contribution in [2.45, 2.75) is 88.4 Å². The molecule has 1 saturated heterocycles. The molecule has 3 rings (SSSR count). The van der Waals surface area contributed by atoms with E-state index in [1.165, 1.54) is 0 Å². The molecule has 0 aromatic heterocycles. The first-order valence-electron chi connectivity index (χ1n) is 11.7. The Kier molecular flexibility index (Phi) is 8.02. The Balaban J connectivity index is 1.81. The lowest BCUT2D eigenvalue weighted by Gasteiger charge is -2.51. The highest BCUT2D eigenvalue weighted by Gasteiger charge is 2.43. The van der Waals surface area contributed by atoms with Gasteiger partial charge in [0, 0.05) is 11.1 Å². The van der Waals surface area contributed by atoms with Crippen LogP contribution in [0.2, 0.25) is 0 Å². The van der Waals surface area contributed by atoms with E-state index in [2.05, 4.69) is 32.4 Å². The van der Waals surface area contributed by atoms with Crippen LogP contribution in [0.4, 0.5) is 0 Å². The number of hydrogen-bond donors (Lipinski definition) is 2. The molecule has 182 valence electrons. The first-order valence-corrected chi connectivity index (χ1v) is 13.1. The van der Waals surface area contributed by atoms with E-state index in [1.807, 2.05) is 42.3 Å². The summed E-state index contributed by atoms with van der Waals surface area (Å²) in [6, 6.07) is 15.4. The number of benzene rings is 2. The van der Waals surface area contributed by atoms with Crippen LogP contribution in [-0.2, 0) is 14.9 Å². The summed E-state index contributed by atoms with van der Waals surface area (Å²) in [7, 11) is -3.77. The predicted octanol–water partition coefficient (Wildman–Crippen LogP) is 4.74. The highest BCUT2D eigenvalue weighted by molar-refractivity contribution is 7.89. The van der Waals surface area contributed by atoms with Gasteiger partial charge in [-0.2, -0.15) is 5.06 Å². The minimum Gasteiger partial charge on any atom is -0.388 e. The van der Waals surface area contributed by atoms with E-state index in [0.717, 1.165) is 30.4 Å². The van der Waals surface area contributed by atoms with Crippen LogP contribution in [0.15, 0.2) is 59.5 Å². The Bertz CT molecular complexity index is 988. The Hall–Kier alpha value is -1.77. The number of hydroxylamine groups is 2. The number of nitrogens with zero attached hydrogens (tertiary/aromatic N) is 1. The van der Waals surface area contributed by atoms with E-state index in [4.69, 9.17) is 4.84 Å². The average molecular weight is 475 g/mol. The van der Waals surface area contributed by atoms with Crippen molar-refractivity contribution < 1.29 is 18.4 Å². The van der Waals surface area contributed by atoms with Crippen LogP contribution in [0.3, 0.4) is 0 Å². The Labute approximate surface area is 199 Å². The summed E-state index contributed by atoms with van der Waals surface area (Å²) in [5.74, 6) is 0. The monoisotopic (exact) mass is 474 g/mol. The first-order chi connectivity index (χ1) is 15.4. The van der Waals surface area contributed by atoms with Gasteiger partial charge in [0.05, 0.1) is 23.6 Å². The number of nitrogens with one attached hydrogen (secondary N) is 1. The van der Waals surface area contributed by atoms with Gasteiger partial charge in [-0.25, -0.2) is 13.1 Å². The molecule has 2 aromatic rings. The summed E-state index contributed by atoms with van der Waals surface area (Å²) >= 11 is 0. The fourth-order valence-electron chi connectivity index (χ4n) is 4.73. The van der Waals surface area contributed by atoms with Gasteiger partial charge < -0.3 is 5.11 Å². The molecular formula is C26H38N2O4S. The van der Waals surface area contributed by atoms with Crippen LogP contribution in [0.1, 0.15) is 70.6 Å². The van der Waals surface area contributed by atoms with Gasteiger partial charge in [0.25, 0.3) is 0 Å². The number of aliphatic hydroxyl groups excluding tert-OH is 1. The molecule has 1 fully saturated rings. The maximum absolute atomic E-state index is 13.1. The van der Waals surface area contributed by atoms with Gasteiger partial charge in [-0.1, -0.05) is 48.0 Å². The molecule has 0 radical (unpaired) electrons. The quantitative estimate of drug-likeness (QED) is 0.549. The van der Waals surface area contributed by atoms with Crippen molar-refractivity contribution in [1.29, 1.82) is 0 Å². The van der Waals surface area contributed by atoms with Crippen molar-refractivity contribution in [2.24, 2.45) is 0 Å². The molecule has 1 aliphatic heterocycles. The van der Waals surface area contributed by atoms with E-state index in [9.17, 15) is 13.5 Å². The van der Waals surface area contributed by atoms with E-state index >= 15 is 0 Å². The number of piperidine rings is 1. The van der Waals surface area contributed by atoms with Crippen LogP contribution in [-0.4, -0.2) is 42.3 Å². The second-order valence-corrected chi connectivity index (χ2v) is 12.1. The lowest BCUT2D eigenvalue weighted by atomic mass is 9.82. The molecule has 0 bridgehead atoms. The molecule has 1 heterocycles. The first kappa shape index (κ1) is 25.8. The number of aryl methyl sites for hydroxylation is 1. The lowest BCUT2D eigenvalue weighted by Crippen LogP contribution is -2.59. The Morgan fingerprint density at radius 1 is 1.00 bits per heavy atom. The van der Waals surface area contributed by atoms with Crippen molar-refractivity contribution >= 4 is 10.0 Å². The third-order valence-electron chi connectivity index (χ3n) is 6.43. The number of sulfonamides is 1. The molecule has 0 unspecified atom stereocenters. The van der Waals surface area contributed by atoms with Gasteiger partial charge >= 0.3 is 0 Å². The zero-order valence-electron chi connectivity index (χ0n) is 20.4. The minimum absolute atomic E-state index is 0.127. The molecule has 2 N–H and O–H groups in total. The van der Waals surface area contributed by atoms with Crippen molar-refractivity contribution in [3.8, 4) is 0 Å².